The van der Waals surface area contributed by atoms with Crippen LogP contribution in [0.3, 0.4) is 0 Å². The van der Waals surface area contributed by atoms with Crippen LogP contribution in [0.4, 0.5) is 5.82 Å². The highest BCUT2D eigenvalue weighted by molar-refractivity contribution is 9.10. The highest BCUT2D eigenvalue weighted by atomic mass is 79.9. The number of alkyl halides is 1. The highest BCUT2D eigenvalue weighted by Gasteiger charge is 2.19. The molecule has 6 nitrogen and oxygen atoms in total. The van der Waals surface area contributed by atoms with Crippen LogP contribution < -0.4 is 5.32 Å². The Balaban J connectivity index is 2.20. The Hall–Kier alpha value is -2.72. The Morgan fingerprint density at radius 3 is 2.65 bits per heavy atom. The zero-order valence-corrected chi connectivity index (χ0v) is 16.5. The Morgan fingerprint density at radius 1 is 1.27 bits per heavy atom. The molecule has 3 aromatic rings. The molecule has 1 atom stereocenters. The van der Waals surface area contributed by atoms with Crippen molar-refractivity contribution in [2.75, 3.05) is 5.32 Å². The smallest absolute Gasteiger partial charge is 0.239 e. The lowest BCUT2D eigenvalue weighted by Crippen LogP contribution is -2.22. The molecule has 0 saturated heterocycles. The minimum atomic E-state index is -0.395. The molecule has 0 aliphatic rings. The monoisotopic (exact) mass is 411 g/mol. The number of anilines is 1. The van der Waals surface area contributed by atoms with E-state index < -0.39 is 4.83 Å². The molecule has 1 aromatic carbocycles. The molecular weight excluding hydrogens is 394 g/mol. The molecule has 1 amide bonds. The standard InChI is InChI=1S/C19H18BrN5O/c1-10-5-12(3)17-15(6-10)11(2)7-16(23-17)25-18(14(8-21)9-22-25)24-19(26)13(4)20/h5-7,9,13H,1-4H3,(H,24,26). The molecule has 7 heteroatoms. The van der Waals surface area contributed by atoms with Crippen LogP contribution in [0.5, 0.6) is 0 Å². The van der Waals surface area contributed by atoms with Crippen LogP contribution in [-0.2, 0) is 4.79 Å². The number of carbonyl (C=O) groups is 1. The first-order chi connectivity index (χ1) is 12.3. The first-order valence-electron chi connectivity index (χ1n) is 8.14. The van der Waals surface area contributed by atoms with E-state index in [9.17, 15) is 10.1 Å². The second-order valence-electron chi connectivity index (χ2n) is 6.31. The average molecular weight is 412 g/mol. The van der Waals surface area contributed by atoms with Gasteiger partial charge in [-0.2, -0.15) is 15.0 Å². The van der Waals surface area contributed by atoms with Gasteiger partial charge in [0.2, 0.25) is 5.91 Å². The Morgan fingerprint density at radius 2 is 2.00 bits per heavy atom. The number of rotatable bonds is 3. The number of aryl methyl sites for hydroxylation is 3. The van der Waals surface area contributed by atoms with Gasteiger partial charge in [-0.3, -0.25) is 4.79 Å². The lowest BCUT2D eigenvalue weighted by Gasteiger charge is -2.13. The number of nitrogens with zero attached hydrogens (tertiary/aromatic N) is 4. The van der Waals surface area contributed by atoms with Gasteiger partial charge in [-0.15, -0.1) is 0 Å². The van der Waals surface area contributed by atoms with E-state index in [0.717, 1.165) is 22.0 Å². The van der Waals surface area contributed by atoms with E-state index in [1.165, 1.54) is 16.4 Å². The molecule has 0 aliphatic carbocycles. The van der Waals surface area contributed by atoms with Crippen molar-refractivity contribution in [2.45, 2.75) is 32.5 Å². The SMILES string of the molecule is Cc1cc(C)c2nc(-n3ncc(C#N)c3NC(=O)C(C)Br)cc(C)c2c1. The van der Waals surface area contributed by atoms with Crippen molar-refractivity contribution in [3.63, 3.8) is 0 Å². The predicted octanol–water partition coefficient (Wildman–Crippen LogP) is 3.94. The molecule has 0 aliphatic heterocycles. The molecule has 2 heterocycles. The second kappa shape index (κ2) is 6.89. The predicted molar refractivity (Wildman–Crippen MR) is 105 cm³/mol. The molecule has 0 spiro atoms. The molecule has 1 unspecified atom stereocenters. The summed E-state index contributed by atoms with van der Waals surface area (Å²) in [6.07, 6.45) is 1.43. The highest BCUT2D eigenvalue weighted by Crippen LogP contribution is 2.26. The van der Waals surface area contributed by atoms with Crippen LogP contribution in [0.15, 0.2) is 24.4 Å². The average Bonchev–Trinajstić information content (AvgIpc) is 2.98. The van der Waals surface area contributed by atoms with Gasteiger partial charge < -0.3 is 5.32 Å². The number of amides is 1. The van der Waals surface area contributed by atoms with Gasteiger partial charge in [0.05, 0.1) is 16.5 Å². The number of halogens is 1. The van der Waals surface area contributed by atoms with Crippen molar-refractivity contribution >= 4 is 38.6 Å². The number of pyridine rings is 1. The maximum Gasteiger partial charge on any atom is 0.239 e. The number of aromatic nitrogens is 3. The van der Waals surface area contributed by atoms with Crippen molar-refractivity contribution in [3.05, 3.63) is 46.6 Å². The van der Waals surface area contributed by atoms with E-state index in [-0.39, 0.29) is 11.5 Å². The third-order valence-electron chi connectivity index (χ3n) is 4.15. The summed E-state index contributed by atoms with van der Waals surface area (Å²) >= 11 is 3.23. The number of carbonyl (C=O) groups excluding carboxylic acids is 1. The van der Waals surface area contributed by atoms with E-state index in [1.54, 1.807) is 6.92 Å². The third-order valence-corrected chi connectivity index (χ3v) is 4.57. The number of hydrogen-bond acceptors (Lipinski definition) is 4. The van der Waals surface area contributed by atoms with Gasteiger partial charge >= 0.3 is 0 Å². The fraction of sp³-hybridized carbons (Fsp3) is 0.263. The Labute approximate surface area is 160 Å². The van der Waals surface area contributed by atoms with Crippen molar-refractivity contribution in [1.82, 2.24) is 14.8 Å². The number of benzene rings is 1. The molecule has 0 saturated carbocycles. The zero-order valence-electron chi connectivity index (χ0n) is 15.0. The van der Waals surface area contributed by atoms with Gasteiger partial charge in [0, 0.05) is 5.39 Å². The number of nitriles is 1. The summed E-state index contributed by atoms with van der Waals surface area (Å²) in [4.78, 5) is 16.4. The summed E-state index contributed by atoms with van der Waals surface area (Å²) < 4.78 is 1.50. The lowest BCUT2D eigenvalue weighted by atomic mass is 10.0. The van der Waals surface area contributed by atoms with Crippen molar-refractivity contribution in [2.24, 2.45) is 0 Å². The van der Waals surface area contributed by atoms with E-state index in [4.69, 9.17) is 4.98 Å². The number of nitrogens with one attached hydrogen (secondary N) is 1. The topological polar surface area (TPSA) is 83.6 Å². The van der Waals surface area contributed by atoms with Crippen LogP contribution in [0.25, 0.3) is 16.7 Å². The number of fused-ring (bicyclic) bond motifs is 1. The quantitative estimate of drug-likeness (QED) is 0.661. The first kappa shape index (κ1) is 18.1. The van der Waals surface area contributed by atoms with Gasteiger partial charge in [-0.05, 0) is 51.0 Å². The lowest BCUT2D eigenvalue weighted by molar-refractivity contribution is -0.115. The molecular formula is C19H18BrN5O. The Bertz CT molecular complexity index is 1060. The third kappa shape index (κ3) is 3.20. The first-order valence-corrected chi connectivity index (χ1v) is 9.05. The molecule has 1 N–H and O–H groups in total. The van der Waals surface area contributed by atoms with Gasteiger partial charge in [0.25, 0.3) is 0 Å². The van der Waals surface area contributed by atoms with E-state index in [0.29, 0.717) is 11.6 Å². The van der Waals surface area contributed by atoms with Gasteiger partial charge in [0.1, 0.15) is 11.6 Å². The summed E-state index contributed by atoms with van der Waals surface area (Å²) in [7, 11) is 0. The fourth-order valence-corrected chi connectivity index (χ4v) is 2.99. The summed E-state index contributed by atoms with van der Waals surface area (Å²) in [6.45, 7) is 7.80. The summed E-state index contributed by atoms with van der Waals surface area (Å²) in [5.74, 6) is 0.619. The Kier molecular flexibility index (Phi) is 4.79. The molecule has 0 fully saturated rings. The maximum atomic E-state index is 12.1. The number of hydrogen-bond donors (Lipinski definition) is 1. The molecule has 2 aromatic heterocycles. The summed E-state index contributed by atoms with van der Waals surface area (Å²) in [5, 5.41) is 17.4. The largest absolute Gasteiger partial charge is 0.308 e. The minimum absolute atomic E-state index is 0.257. The van der Waals surface area contributed by atoms with Gasteiger partial charge in [0.15, 0.2) is 11.6 Å². The normalized spacial score (nSPS) is 12.0. The molecule has 0 bridgehead atoms. The van der Waals surface area contributed by atoms with E-state index >= 15 is 0 Å². The molecule has 0 radical (unpaired) electrons. The van der Waals surface area contributed by atoms with Crippen molar-refractivity contribution < 1.29 is 4.79 Å². The zero-order chi connectivity index (χ0) is 19.0. The van der Waals surface area contributed by atoms with E-state index in [2.05, 4.69) is 51.5 Å². The fourth-order valence-electron chi connectivity index (χ4n) is 2.88. The van der Waals surface area contributed by atoms with Crippen LogP contribution >= 0.6 is 15.9 Å². The van der Waals surface area contributed by atoms with Gasteiger partial charge in [-0.1, -0.05) is 27.6 Å². The van der Waals surface area contributed by atoms with Crippen LogP contribution in [-0.4, -0.2) is 25.5 Å². The molecule has 132 valence electrons. The van der Waals surface area contributed by atoms with E-state index in [1.807, 2.05) is 19.9 Å². The van der Waals surface area contributed by atoms with Crippen molar-refractivity contribution in [1.29, 1.82) is 5.26 Å². The summed E-state index contributed by atoms with van der Waals surface area (Å²) in [6, 6.07) is 8.15. The molecule has 26 heavy (non-hydrogen) atoms. The van der Waals surface area contributed by atoms with Crippen LogP contribution in [0.2, 0.25) is 0 Å². The second-order valence-corrected chi connectivity index (χ2v) is 7.68. The maximum absolute atomic E-state index is 12.1. The minimum Gasteiger partial charge on any atom is -0.308 e. The van der Waals surface area contributed by atoms with Crippen LogP contribution in [0.1, 0.15) is 29.2 Å². The molecule has 3 rings (SSSR count). The van der Waals surface area contributed by atoms with Gasteiger partial charge in [-0.25, -0.2) is 4.98 Å². The van der Waals surface area contributed by atoms with Crippen LogP contribution in [0, 0.1) is 32.1 Å². The summed E-state index contributed by atoms with van der Waals surface area (Å²) in [5.41, 5.74) is 4.46. The van der Waals surface area contributed by atoms with Crippen molar-refractivity contribution in [3.8, 4) is 11.9 Å².